The SMILES string of the molecule is CC(C)(C)NS(=O)(=O)c1ccc(C(=O)NCCc2ccc(F)cc2Cl)cc1. The van der Waals surface area contributed by atoms with Crippen LogP contribution in [0.5, 0.6) is 0 Å². The molecule has 0 fully saturated rings. The maximum Gasteiger partial charge on any atom is 0.251 e. The van der Waals surface area contributed by atoms with Crippen LogP contribution in [0.3, 0.4) is 0 Å². The van der Waals surface area contributed by atoms with E-state index in [0.717, 1.165) is 5.56 Å². The summed E-state index contributed by atoms with van der Waals surface area (Å²) >= 11 is 5.95. The van der Waals surface area contributed by atoms with E-state index in [0.29, 0.717) is 23.6 Å². The fourth-order valence-corrected chi connectivity index (χ4v) is 4.06. The lowest BCUT2D eigenvalue weighted by atomic mass is 10.1. The van der Waals surface area contributed by atoms with Gasteiger partial charge in [-0.25, -0.2) is 17.5 Å². The molecule has 2 aromatic carbocycles. The summed E-state index contributed by atoms with van der Waals surface area (Å²) < 4.78 is 40.1. The minimum atomic E-state index is -3.65. The molecule has 0 bridgehead atoms. The van der Waals surface area contributed by atoms with E-state index >= 15 is 0 Å². The van der Waals surface area contributed by atoms with Crippen LogP contribution >= 0.6 is 11.6 Å². The number of amides is 1. The molecule has 0 heterocycles. The second kappa shape index (κ2) is 8.37. The minimum Gasteiger partial charge on any atom is -0.352 e. The number of nitrogens with one attached hydrogen (secondary N) is 2. The number of hydrogen-bond acceptors (Lipinski definition) is 3. The Bertz CT molecular complexity index is 923. The molecule has 2 N–H and O–H groups in total. The Morgan fingerprint density at radius 2 is 1.74 bits per heavy atom. The number of benzene rings is 2. The lowest BCUT2D eigenvalue weighted by Crippen LogP contribution is -2.40. The maximum atomic E-state index is 13.0. The van der Waals surface area contributed by atoms with Gasteiger partial charge in [0, 0.05) is 22.7 Å². The van der Waals surface area contributed by atoms with Crippen molar-refractivity contribution in [2.24, 2.45) is 0 Å². The van der Waals surface area contributed by atoms with Crippen LogP contribution in [-0.4, -0.2) is 26.4 Å². The van der Waals surface area contributed by atoms with Gasteiger partial charge in [-0.05, 0) is 69.2 Å². The van der Waals surface area contributed by atoms with Gasteiger partial charge in [0.1, 0.15) is 5.82 Å². The summed E-state index contributed by atoms with van der Waals surface area (Å²) in [5, 5.41) is 3.04. The summed E-state index contributed by atoms with van der Waals surface area (Å²) in [6.07, 6.45) is 0.451. The first-order valence-electron chi connectivity index (χ1n) is 8.34. The van der Waals surface area contributed by atoms with Gasteiger partial charge >= 0.3 is 0 Å². The predicted octanol–water partition coefficient (Wildman–Crippen LogP) is 3.53. The molecule has 0 aliphatic rings. The van der Waals surface area contributed by atoms with Crippen molar-refractivity contribution in [3.05, 3.63) is 64.4 Å². The van der Waals surface area contributed by atoms with Crippen LogP contribution in [0.25, 0.3) is 0 Å². The van der Waals surface area contributed by atoms with E-state index in [1.54, 1.807) is 26.8 Å². The zero-order valence-electron chi connectivity index (χ0n) is 15.3. The number of halogens is 2. The summed E-state index contributed by atoms with van der Waals surface area (Å²) in [7, 11) is -3.65. The summed E-state index contributed by atoms with van der Waals surface area (Å²) in [4.78, 5) is 12.3. The highest BCUT2D eigenvalue weighted by Crippen LogP contribution is 2.17. The summed E-state index contributed by atoms with van der Waals surface area (Å²) in [6.45, 7) is 5.56. The first-order chi connectivity index (χ1) is 12.5. The predicted molar refractivity (Wildman–Crippen MR) is 104 cm³/mol. The lowest BCUT2D eigenvalue weighted by molar-refractivity contribution is 0.0954. The fourth-order valence-electron chi connectivity index (χ4n) is 2.38. The van der Waals surface area contributed by atoms with E-state index in [2.05, 4.69) is 10.0 Å². The largest absolute Gasteiger partial charge is 0.352 e. The van der Waals surface area contributed by atoms with Gasteiger partial charge in [-0.3, -0.25) is 4.79 Å². The van der Waals surface area contributed by atoms with Gasteiger partial charge in [0.2, 0.25) is 10.0 Å². The van der Waals surface area contributed by atoms with Crippen LogP contribution in [0.4, 0.5) is 4.39 Å². The fraction of sp³-hybridized carbons (Fsp3) is 0.316. The molecule has 0 aliphatic carbocycles. The third-order valence-electron chi connectivity index (χ3n) is 3.56. The minimum absolute atomic E-state index is 0.0899. The lowest BCUT2D eigenvalue weighted by Gasteiger charge is -2.20. The van der Waals surface area contributed by atoms with Crippen LogP contribution in [0.1, 0.15) is 36.7 Å². The highest BCUT2D eigenvalue weighted by Gasteiger charge is 2.22. The quantitative estimate of drug-likeness (QED) is 0.762. The Kier molecular flexibility index (Phi) is 6.62. The van der Waals surface area contributed by atoms with Crippen molar-refractivity contribution < 1.29 is 17.6 Å². The van der Waals surface area contributed by atoms with Crippen LogP contribution in [0.2, 0.25) is 5.02 Å². The molecule has 0 saturated heterocycles. The summed E-state index contributed by atoms with van der Waals surface area (Å²) in [5.74, 6) is -0.746. The van der Waals surface area contributed by atoms with Crippen molar-refractivity contribution in [2.75, 3.05) is 6.54 Å². The van der Waals surface area contributed by atoms with Crippen molar-refractivity contribution >= 4 is 27.5 Å². The van der Waals surface area contributed by atoms with E-state index in [1.807, 2.05) is 0 Å². The Morgan fingerprint density at radius 1 is 1.11 bits per heavy atom. The summed E-state index contributed by atoms with van der Waals surface area (Å²) in [6, 6.07) is 9.80. The average molecular weight is 413 g/mol. The van der Waals surface area contributed by atoms with Gasteiger partial charge in [-0.2, -0.15) is 0 Å². The van der Waals surface area contributed by atoms with E-state index in [-0.39, 0.29) is 10.8 Å². The molecule has 1 amide bonds. The number of rotatable bonds is 6. The molecule has 146 valence electrons. The molecule has 0 aliphatic heterocycles. The second-order valence-electron chi connectivity index (χ2n) is 7.12. The van der Waals surface area contributed by atoms with Crippen molar-refractivity contribution in [1.29, 1.82) is 0 Å². The topological polar surface area (TPSA) is 75.3 Å². The van der Waals surface area contributed by atoms with Crippen molar-refractivity contribution in [3.8, 4) is 0 Å². The number of carbonyl (C=O) groups is 1. The first kappa shape index (κ1) is 21.3. The van der Waals surface area contributed by atoms with E-state index < -0.39 is 21.4 Å². The standard InChI is InChI=1S/C19H22ClFN2O3S/c1-19(2,3)23-27(25,26)16-8-5-14(6-9-16)18(24)22-11-10-13-4-7-15(21)12-17(13)20/h4-9,12,23H,10-11H2,1-3H3,(H,22,24). The monoisotopic (exact) mass is 412 g/mol. The third kappa shape index (κ3) is 6.30. The Labute approximate surface area is 164 Å². The van der Waals surface area contributed by atoms with Gasteiger partial charge in [0.25, 0.3) is 5.91 Å². The molecular formula is C19H22ClFN2O3S. The van der Waals surface area contributed by atoms with Crippen LogP contribution in [0, 0.1) is 5.82 Å². The van der Waals surface area contributed by atoms with Crippen molar-refractivity contribution in [1.82, 2.24) is 10.0 Å². The smallest absolute Gasteiger partial charge is 0.251 e. The van der Waals surface area contributed by atoms with Crippen LogP contribution in [-0.2, 0) is 16.4 Å². The van der Waals surface area contributed by atoms with Gasteiger partial charge < -0.3 is 5.32 Å². The van der Waals surface area contributed by atoms with E-state index in [9.17, 15) is 17.6 Å². The molecule has 27 heavy (non-hydrogen) atoms. The second-order valence-corrected chi connectivity index (χ2v) is 9.21. The normalized spacial score (nSPS) is 12.0. The Morgan fingerprint density at radius 3 is 2.30 bits per heavy atom. The Balaban J connectivity index is 1.97. The van der Waals surface area contributed by atoms with Crippen LogP contribution < -0.4 is 10.0 Å². The van der Waals surface area contributed by atoms with Crippen molar-refractivity contribution in [3.63, 3.8) is 0 Å². The van der Waals surface area contributed by atoms with Gasteiger partial charge in [-0.1, -0.05) is 17.7 Å². The van der Waals surface area contributed by atoms with Gasteiger partial charge in [0.15, 0.2) is 0 Å². The molecule has 0 spiro atoms. The van der Waals surface area contributed by atoms with E-state index in [1.165, 1.54) is 36.4 Å². The maximum absolute atomic E-state index is 13.0. The molecule has 5 nitrogen and oxygen atoms in total. The third-order valence-corrected chi connectivity index (χ3v) is 5.69. The highest BCUT2D eigenvalue weighted by molar-refractivity contribution is 7.89. The molecular weight excluding hydrogens is 391 g/mol. The Hall–Kier alpha value is -1.96. The molecule has 0 atom stereocenters. The van der Waals surface area contributed by atoms with Gasteiger partial charge in [-0.15, -0.1) is 0 Å². The molecule has 0 unspecified atom stereocenters. The molecule has 0 aromatic heterocycles. The summed E-state index contributed by atoms with van der Waals surface area (Å²) in [5.41, 5.74) is 0.472. The molecule has 0 saturated carbocycles. The number of hydrogen-bond donors (Lipinski definition) is 2. The zero-order chi connectivity index (χ0) is 20.2. The highest BCUT2D eigenvalue weighted by atomic mass is 35.5. The molecule has 2 rings (SSSR count). The van der Waals surface area contributed by atoms with Crippen molar-refractivity contribution in [2.45, 2.75) is 37.6 Å². The van der Waals surface area contributed by atoms with Gasteiger partial charge in [0.05, 0.1) is 4.90 Å². The van der Waals surface area contributed by atoms with Crippen LogP contribution in [0.15, 0.2) is 47.4 Å². The number of carbonyl (C=O) groups excluding carboxylic acids is 1. The molecule has 2 aromatic rings. The van der Waals surface area contributed by atoms with E-state index in [4.69, 9.17) is 11.6 Å². The zero-order valence-corrected chi connectivity index (χ0v) is 16.9. The molecule has 0 radical (unpaired) electrons. The number of sulfonamides is 1. The average Bonchev–Trinajstić information content (AvgIpc) is 2.54. The first-order valence-corrected chi connectivity index (χ1v) is 10.2. The molecule has 8 heteroatoms.